The smallest absolute Gasteiger partial charge is 0.226 e. The number of nitrogens with one attached hydrogen (secondary N) is 2. The molecule has 0 unspecified atom stereocenters. The lowest BCUT2D eigenvalue weighted by atomic mass is 10.1. The Morgan fingerprint density at radius 3 is 2.47 bits per heavy atom. The molecule has 10 heteroatoms. The Balaban J connectivity index is 0.00000225. The van der Waals surface area contributed by atoms with Gasteiger partial charge in [0.25, 0.3) is 0 Å². The molecule has 0 spiro atoms. The Bertz CT molecular complexity index is 954. The molecule has 0 fully saturated rings. The number of imidazole rings is 1. The molecule has 0 aliphatic carbocycles. The molecule has 1 aromatic carbocycles. The van der Waals surface area contributed by atoms with E-state index in [4.69, 9.17) is 5.73 Å². The molecule has 5 N–H and O–H groups in total. The molecule has 0 aliphatic heterocycles. The van der Waals surface area contributed by atoms with E-state index in [1.54, 1.807) is 20.2 Å². The summed E-state index contributed by atoms with van der Waals surface area (Å²) in [4.78, 5) is 13.8. The quantitative estimate of drug-likeness (QED) is 0.379. The van der Waals surface area contributed by atoms with Crippen molar-refractivity contribution < 1.29 is 5.11 Å². The first-order valence-corrected chi connectivity index (χ1v) is 9.52. The van der Waals surface area contributed by atoms with Crippen LogP contribution in [0.5, 0.6) is 0 Å². The summed E-state index contributed by atoms with van der Waals surface area (Å²) in [5, 5.41) is 16.5. The van der Waals surface area contributed by atoms with Gasteiger partial charge in [-0.1, -0.05) is 18.2 Å². The van der Waals surface area contributed by atoms with Gasteiger partial charge in [-0.2, -0.15) is 9.97 Å². The van der Waals surface area contributed by atoms with Gasteiger partial charge in [-0.25, -0.2) is 4.98 Å². The van der Waals surface area contributed by atoms with Gasteiger partial charge in [0.15, 0.2) is 17.0 Å². The number of hydrogen-bond acceptors (Lipinski definition) is 7. The van der Waals surface area contributed by atoms with Gasteiger partial charge < -0.3 is 26.0 Å². The fraction of sp³-hybridized carbons (Fsp3) is 0.450. The van der Waals surface area contributed by atoms with E-state index in [9.17, 15) is 5.11 Å². The minimum atomic E-state index is -0.747. The number of para-hydroxylation sites is 1. The van der Waals surface area contributed by atoms with Gasteiger partial charge in [-0.3, -0.25) is 0 Å². The normalized spacial score (nSPS) is 11.1. The number of hydrogen-bond donors (Lipinski definition) is 4. The van der Waals surface area contributed by atoms with Gasteiger partial charge in [-0.15, -0.1) is 24.8 Å². The van der Waals surface area contributed by atoms with Gasteiger partial charge in [-0.05, 0) is 45.7 Å². The second-order valence-corrected chi connectivity index (χ2v) is 7.86. The summed E-state index contributed by atoms with van der Waals surface area (Å²) in [6.07, 6.45) is 2.37. The zero-order valence-corrected chi connectivity index (χ0v) is 19.3. The Kier molecular flexibility index (Phi) is 9.14. The first-order valence-electron chi connectivity index (χ1n) is 9.52. The average Bonchev–Trinajstić information content (AvgIpc) is 3.04. The van der Waals surface area contributed by atoms with E-state index in [0.717, 1.165) is 22.4 Å². The van der Waals surface area contributed by atoms with E-state index >= 15 is 0 Å². The third kappa shape index (κ3) is 6.35. The highest BCUT2D eigenvalue weighted by molar-refractivity contribution is 5.86. The number of aromatic nitrogens is 4. The SMILES string of the molecule is CC(C)n1cnc2c(NCc3ccccc3N)nc(NCCC(C)(C)O)nc21.Cl.Cl. The highest BCUT2D eigenvalue weighted by Gasteiger charge is 2.16. The van der Waals surface area contributed by atoms with Crippen molar-refractivity contribution in [3.63, 3.8) is 0 Å². The van der Waals surface area contributed by atoms with E-state index in [1.807, 2.05) is 28.8 Å². The van der Waals surface area contributed by atoms with Crippen molar-refractivity contribution >= 4 is 53.4 Å². The fourth-order valence-corrected chi connectivity index (χ4v) is 2.85. The molecule has 0 saturated carbocycles. The number of nitrogen functional groups attached to an aromatic ring is 1. The second-order valence-electron chi connectivity index (χ2n) is 7.86. The molecular weight excluding hydrogens is 425 g/mol. The third-order valence-corrected chi connectivity index (χ3v) is 4.50. The van der Waals surface area contributed by atoms with Crippen LogP contribution in [0.2, 0.25) is 0 Å². The van der Waals surface area contributed by atoms with Crippen LogP contribution >= 0.6 is 24.8 Å². The lowest BCUT2D eigenvalue weighted by molar-refractivity contribution is 0.0748. The van der Waals surface area contributed by atoms with Crippen LogP contribution in [0, 0.1) is 0 Å². The first kappa shape index (κ1) is 25.7. The van der Waals surface area contributed by atoms with E-state index in [0.29, 0.717) is 31.3 Å². The maximum Gasteiger partial charge on any atom is 0.226 e. The summed E-state index contributed by atoms with van der Waals surface area (Å²) in [7, 11) is 0. The summed E-state index contributed by atoms with van der Waals surface area (Å²) >= 11 is 0. The monoisotopic (exact) mass is 455 g/mol. The van der Waals surface area contributed by atoms with Gasteiger partial charge in [0.1, 0.15) is 0 Å². The Hall–Kier alpha value is -2.29. The topological polar surface area (TPSA) is 114 Å². The van der Waals surface area contributed by atoms with Crippen molar-refractivity contribution in [3.8, 4) is 0 Å². The summed E-state index contributed by atoms with van der Waals surface area (Å²) in [6.45, 7) is 8.84. The number of rotatable bonds is 8. The Morgan fingerprint density at radius 2 is 1.83 bits per heavy atom. The predicted molar refractivity (Wildman–Crippen MR) is 128 cm³/mol. The van der Waals surface area contributed by atoms with Crippen molar-refractivity contribution in [1.82, 2.24) is 19.5 Å². The Labute approximate surface area is 189 Å². The molecule has 2 aromatic heterocycles. The van der Waals surface area contributed by atoms with Crippen molar-refractivity contribution in [2.45, 2.75) is 52.3 Å². The fourth-order valence-electron chi connectivity index (χ4n) is 2.85. The predicted octanol–water partition coefficient (Wildman–Crippen LogP) is 4.02. The minimum Gasteiger partial charge on any atom is -0.398 e. The van der Waals surface area contributed by atoms with Crippen molar-refractivity contribution in [2.75, 3.05) is 22.9 Å². The van der Waals surface area contributed by atoms with Gasteiger partial charge in [0.05, 0.1) is 11.9 Å². The van der Waals surface area contributed by atoms with Crippen LogP contribution in [-0.2, 0) is 6.54 Å². The minimum absolute atomic E-state index is 0. The summed E-state index contributed by atoms with van der Waals surface area (Å²) in [6, 6.07) is 7.96. The molecule has 0 aliphatic rings. The number of fused-ring (bicyclic) bond motifs is 1. The van der Waals surface area contributed by atoms with Gasteiger partial charge in [0, 0.05) is 24.8 Å². The van der Waals surface area contributed by atoms with Crippen LogP contribution in [0.3, 0.4) is 0 Å². The average molecular weight is 456 g/mol. The van der Waals surface area contributed by atoms with Crippen LogP contribution in [0.25, 0.3) is 11.2 Å². The van der Waals surface area contributed by atoms with E-state index < -0.39 is 5.60 Å². The van der Waals surface area contributed by atoms with Gasteiger partial charge in [0.2, 0.25) is 5.95 Å². The molecule has 0 saturated heterocycles. The van der Waals surface area contributed by atoms with Crippen LogP contribution in [-0.4, -0.2) is 36.8 Å². The highest BCUT2D eigenvalue weighted by Crippen LogP contribution is 2.24. The maximum atomic E-state index is 9.92. The number of nitrogens with two attached hydrogens (primary N) is 1. The molecule has 30 heavy (non-hydrogen) atoms. The van der Waals surface area contributed by atoms with Crippen LogP contribution in [0.1, 0.15) is 45.7 Å². The van der Waals surface area contributed by atoms with Crippen LogP contribution < -0.4 is 16.4 Å². The number of nitrogens with zero attached hydrogens (tertiary/aromatic N) is 4. The number of anilines is 3. The lowest BCUT2D eigenvalue weighted by Gasteiger charge is -2.17. The number of halogens is 2. The molecule has 166 valence electrons. The second kappa shape index (κ2) is 10.7. The maximum absolute atomic E-state index is 9.92. The molecule has 2 heterocycles. The molecule has 0 bridgehead atoms. The molecule has 3 aromatic rings. The summed E-state index contributed by atoms with van der Waals surface area (Å²) in [5.41, 5.74) is 8.51. The van der Waals surface area contributed by atoms with Gasteiger partial charge >= 0.3 is 0 Å². The van der Waals surface area contributed by atoms with Crippen molar-refractivity contribution in [1.29, 1.82) is 0 Å². The lowest BCUT2D eigenvalue weighted by Crippen LogP contribution is -2.23. The standard InChI is InChI=1S/C20H29N7O.2ClH/c1-13(2)27-12-24-16-17(23-11-14-7-5-6-8-15(14)21)25-19(26-18(16)27)22-10-9-20(3,4)28;;/h5-8,12-13,28H,9-11,21H2,1-4H3,(H2,22,23,25,26);2*1H. The van der Waals surface area contributed by atoms with E-state index in [-0.39, 0.29) is 30.9 Å². The zero-order valence-electron chi connectivity index (χ0n) is 17.7. The highest BCUT2D eigenvalue weighted by atomic mass is 35.5. The number of aliphatic hydroxyl groups is 1. The summed E-state index contributed by atoms with van der Waals surface area (Å²) < 4.78 is 2.01. The summed E-state index contributed by atoms with van der Waals surface area (Å²) in [5.74, 6) is 1.15. The molecular formula is C20H31Cl2N7O. The molecule has 3 rings (SSSR count). The number of benzene rings is 1. The molecule has 0 amide bonds. The largest absolute Gasteiger partial charge is 0.398 e. The van der Waals surface area contributed by atoms with E-state index in [2.05, 4.69) is 39.4 Å². The van der Waals surface area contributed by atoms with Crippen molar-refractivity contribution in [2.24, 2.45) is 0 Å². The molecule has 8 nitrogen and oxygen atoms in total. The van der Waals surface area contributed by atoms with Crippen molar-refractivity contribution in [3.05, 3.63) is 36.2 Å². The third-order valence-electron chi connectivity index (χ3n) is 4.50. The molecule has 0 radical (unpaired) electrons. The zero-order chi connectivity index (χ0) is 20.3. The molecule has 0 atom stereocenters. The Morgan fingerprint density at radius 1 is 1.13 bits per heavy atom. The first-order chi connectivity index (χ1) is 13.2. The van der Waals surface area contributed by atoms with E-state index in [1.165, 1.54) is 0 Å². The van der Waals surface area contributed by atoms with Crippen LogP contribution in [0.4, 0.5) is 17.5 Å². The van der Waals surface area contributed by atoms with Crippen LogP contribution in [0.15, 0.2) is 30.6 Å².